The molecule has 1 aliphatic rings. The third-order valence-corrected chi connectivity index (χ3v) is 7.81. The Bertz CT molecular complexity index is 939. The van der Waals surface area contributed by atoms with Crippen LogP contribution in [-0.2, 0) is 19.6 Å². The summed E-state index contributed by atoms with van der Waals surface area (Å²) >= 11 is 5.83. The Labute approximate surface area is 212 Å². The summed E-state index contributed by atoms with van der Waals surface area (Å²) in [6.07, 6.45) is 6.56. The van der Waals surface area contributed by atoms with Gasteiger partial charge in [-0.1, -0.05) is 44.7 Å². The molecule has 35 heavy (non-hydrogen) atoms. The monoisotopic (exact) mass is 533 g/mol. The number of halogens is 2. The Morgan fingerprint density at radius 2 is 1.83 bits per heavy atom. The third kappa shape index (κ3) is 10.7. The van der Waals surface area contributed by atoms with Crippen LogP contribution >= 0.6 is 11.6 Å². The molecule has 3 N–H and O–H groups in total. The van der Waals surface area contributed by atoms with Crippen molar-refractivity contribution in [2.45, 2.75) is 76.2 Å². The third-order valence-electron chi connectivity index (χ3n) is 5.87. The zero-order chi connectivity index (χ0) is 25.8. The fourth-order valence-corrected chi connectivity index (χ4v) is 5.60. The van der Waals surface area contributed by atoms with E-state index < -0.39 is 28.0 Å². The van der Waals surface area contributed by atoms with Gasteiger partial charge in [-0.05, 0) is 62.1 Å². The first kappa shape index (κ1) is 29.3. The zero-order valence-electron chi connectivity index (χ0n) is 20.4. The molecule has 198 valence electrons. The number of hydrogen-bond acceptors (Lipinski definition) is 5. The summed E-state index contributed by atoms with van der Waals surface area (Å²) in [7, 11) is -3.86. The van der Waals surface area contributed by atoms with Crippen molar-refractivity contribution < 1.29 is 27.1 Å². The van der Waals surface area contributed by atoms with Crippen LogP contribution in [0.3, 0.4) is 0 Å². The van der Waals surface area contributed by atoms with Gasteiger partial charge >= 0.3 is 6.09 Å². The number of rotatable bonds is 13. The number of unbranched alkanes of at least 4 members (excludes halogenated alkanes) is 1. The molecule has 1 saturated carbocycles. The first-order valence-electron chi connectivity index (χ1n) is 12.2. The number of ether oxygens (including phenoxy) is 1. The number of amides is 2. The molecule has 2 amide bonds. The minimum absolute atomic E-state index is 0.132. The van der Waals surface area contributed by atoms with Gasteiger partial charge in [0.15, 0.2) is 0 Å². The Hall–Kier alpha value is -1.91. The SMILES string of the molecule is CC(C)C[C@H](NC(=O)OCC1CCCCC1)C(=O)NCCCCNS(=O)(=O)c1ccc(F)cc1Cl. The number of nitrogens with one attached hydrogen (secondary N) is 3. The van der Waals surface area contributed by atoms with E-state index in [4.69, 9.17) is 16.3 Å². The van der Waals surface area contributed by atoms with Crippen molar-refractivity contribution >= 4 is 33.6 Å². The fraction of sp³-hybridized carbons (Fsp3) is 0.667. The van der Waals surface area contributed by atoms with Gasteiger partial charge in [-0.15, -0.1) is 0 Å². The van der Waals surface area contributed by atoms with E-state index in [0.29, 0.717) is 38.3 Å². The number of carbonyl (C=O) groups excluding carboxylic acids is 2. The number of sulfonamides is 1. The molecule has 11 heteroatoms. The van der Waals surface area contributed by atoms with E-state index in [1.807, 2.05) is 13.8 Å². The van der Waals surface area contributed by atoms with E-state index in [0.717, 1.165) is 43.9 Å². The largest absolute Gasteiger partial charge is 0.449 e. The highest BCUT2D eigenvalue weighted by molar-refractivity contribution is 7.89. The molecule has 1 atom stereocenters. The highest BCUT2D eigenvalue weighted by Gasteiger charge is 2.23. The molecule has 0 unspecified atom stereocenters. The van der Waals surface area contributed by atoms with Gasteiger partial charge in [-0.3, -0.25) is 4.79 Å². The number of hydrogen-bond donors (Lipinski definition) is 3. The summed E-state index contributed by atoms with van der Waals surface area (Å²) in [5.41, 5.74) is 0. The van der Waals surface area contributed by atoms with Crippen LogP contribution in [0.15, 0.2) is 23.1 Å². The molecular weight excluding hydrogens is 497 g/mol. The Kier molecular flexibility index (Phi) is 12.2. The topological polar surface area (TPSA) is 114 Å². The molecule has 0 spiro atoms. The summed E-state index contributed by atoms with van der Waals surface area (Å²) in [6, 6.07) is 2.39. The van der Waals surface area contributed by atoms with Crippen LogP contribution in [0.5, 0.6) is 0 Å². The molecule has 0 bridgehead atoms. The van der Waals surface area contributed by atoms with Crippen LogP contribution in [0.4, 0.5) is 9.18 Å². The van der Waals surface area contributed by atoms with E-state index >= 15 is 0 Å². The molecule has 8 nitrogen and oxygen atoms in total. The second kappa shape index (κ2) is 14.6. The second-order valence-corrected chi connectivity index (χ2v) is 11.5. The highest BCUT2D eigenvalue weighted by atomic mass is 35.5. The maximum atomic E-state index is 13.1. The van der Waals surface area contributed by atoms with Gasteiger partial charge in [0.2, 0.25) is 15.9 Å². The van der Waals surface area contributed by atoms with Gasteiger partial charge in [-0.25, -0.2) is 22.3 Å². The summed E-state index contributed by atoms with van der Waals surface area (Å²) in [5.74, 6) is -0.333. The van der Waals surface area contributed by atoms with Crippen molar-refractivity contribution in [3.8, 4) is 0 Å². The predicted molar refractivity (Wildman–Crippen MR) is 133 cm³/mol. The van der Waals surface area contributed by atoms with Crippen molar-refractivity contribution in [1.29, 1.82) is 0 Å². The predicted octanol–water partition coefficient (Wildman–Crippen LogP) is 4.38. The molecule has 0 heterocycles. The lowest BCUT2D eigenvalue weighted by molar-refractivity contribution is -0.123. The minimum Gasteiger partial charge on any atom is -0.449 e. The molecule has 2 rings (SSSR count). The Morgan fingerprint density at radius 3 is 2.49 bits per heavy atom. The summed E-state index contributed by atoms with van der Waals surface area (Å²) < 4.78 is 45.5. The van der Waals surface area contributed by atoms with Gasteiger partial charge in [0.05, 0.1) is 11.6 Å². The van der Waals surface area contributed by atoms with E-state index in [1.165, 1.54) is 6.42 Å². The van der Waals surface area contributed by atoms with Crippen LogP contribution < -0.4 is 15.4 Å². The van der Waals surface area contributed by atoms with E-state index in [-0.39, 0.29) is 28.3 Å². The molecule has 0 aromatic heterocycles. The molecule has 1 aromatic rings. The smallest absolute Gasteiger partial charge is 0.407 e. The van der Waals surface area contributed by atoms with Gasteiger partial charge in [0.25, 0.3) is 0 Å². The molecular formula is C24H37ClFN3O5S. The zero-order valence-corrected chi connectivity index (χ0v) is 22.0. The number of benzene rings is 1. The summed E-state index contributed by atoms with van der Waals surface area (Å²) in [5, 5.41) is 5.29. The molecule has 0 radical (unpaired) electrons. The van der Waals surface area contributed by atoms with Crippen LogP contribution in [0.25, 0.3) is 0 Å². The maximum absolute atomic E-state index is 13.1. The summed E-state index contributed by atoms with van der Waals surface area (Å²) in [4.78, 5) is 24.7. The lowest BCUT2D eigenvalue weighted by Crippen LogP contribution is -2.48. The molecule has 1 fully saturated rings. The minimum atomic E-state index is -3.86. The van der Waals surface area contributed by atoms with Crippen LogP contribution in [0.2, 0.25) is 5.02 Å². The highest BCUT2D eigenvalue weighted by Crippen LogP contribution is 2.24. The quantitative estimate of drug-likeness (QED) is 0.326. The van der Waals surface area contributed by atoms with E-state index in [9.17, 15) is 22.4 Å². The van der Waals surface area contributed by atoms with E-state index in [2.05, 4.69) is 15.4 Å². The number of carbonyl (C=O) groups is 2. The van der Waals surface area contributed by atoms with Gasteiger partial charge in [0.1, 0.15) is 16.8 Å². The van der Waals surface area contributed by atoms with Crippen molar-refractivity contribution in [2.75, 3.05) is 19.7 Å². The van der Waals surface area contributed by atoms with Crippen molar-refractivity contribution in [1.82, 2.24) is 15.4 Å². The molecule has 1 aliphatic carbocycles. The van der Waals surface area contributed by atoms with Crippen LogP contribution in [0.1, 0.15) is 65.2 Å². The fourth-order valence-electron chi connectivity index (χ4n) is 4.00. The summed E-state index contributed by atoms with van der Waals surface area (Å²) in [6.45, 7) is 4.77. The van der Waals surface area contributed by atoms with Crippen LogP contribution in [-0.4, -0.2) is 46.2 Å². The molecule has 1 aromatic carbocycles. The first-order chi connectivity index (χ1) is 16.6. The van der Waals surface area contributed by atoms with Gasteiger partial charge < -0.3 is 15.4 Å². The van der Waals surface area contributed by atoms with E-state index in [1.54, 1.807) is 0 Å². The Morgan fingerprint density at radius 1 is 1.14 bits per heavy atom. The lowest BCUT2D eigenvalue weighted by atomic mass is 9.90. The molecule has 0 saturated heterocycles. The van der Waals surface area contributed by atoms with Crippen molar-refractivity contribution in [3.63, 3.8) is 0 Å². The van der Waals surface area contributed by atoms with Crippen molar-refractivity contribution in [2.24, 2.45) is 11.8 Å². The Balaban J connectivity index is 1.71. The lowest BCUT2D eigenvalue weighted by Gasteiger charge is -2.23. The standard InChI is InChI=1S/C24H37ClFN3O5S/c1-17(2)14-21(29-24(31)34-16-18-8-4-3-5-9-18)23(30)27-12-6-7-13-28-35(32,33)22-11-10-19(26)15-20(22)25/h10-11,15,17-18,21,28H,3-9,12-14,16H2,1-2H3,(H,27,30)(H,29,31)/t21-/m0/s1. The normalized spacial score (nSPS) is 15.6. The van der Waals surface area contributed by atoms with Crippen molar-refractivity contribution in [3.05, 3.63) is 29.0 Å². The first-order valence-corrected chi connectivity index (χ1v) is 14.1. The maximum Gasteiger partial charge on any atom is 0.407 e. The average molecular weight is 534 g/mol. The average Bonchev–Trinajstić information content (AvgIpc) is 2.79. The number of alkyl carbamates (subject to hydrolysis) is 1. The second-order valence-electron chi connectivity index (χ2n) is 9.40. The van der Waals surface area contributed by atoms with Crippen LogP contribution in [0, 0.1) is 17.7 Å². The van der Waals surface area contributed by atoms with Gasteiger partial charge in [0, 0.05) is 13.1 Å². The molecule has 0 aliphatic heterocycles. The van der Waals surface area contributed by atoms with Gasteiger partial charge in [-0.2, -0.15) is 0 Å².